The van der Waals surface area contributed by atoms with Gasteiger partial charge in [0.1, 0.15) is 4.88 Å². The normalized spacial score (nSPS) is 11.0. The maximum atomic E-state index is 11.4. The molecule has 0 aliphatic rings. The predicted molar refractivity (Wildman–Crippen MR) is 87.1 cm³/mol. The number of thiazole rings is 1. The van der Waals surface area contributed by atoms with Gasteiger partial charge in [0, 0.05) is 12.7 Å². The molecule has 21 heavy (non-hydrogen) atoms. The van der Waals surface area contributed by atoms with Crippen LogP contribution in [-0.2, 0) is 0 Å². The summed E-state index contributed by atoms with van der Waals surface area (Å²) in [6.07, 6.45) is 0. The van der Waals surface area contributed by atoms with Crippen LogP contribution in [0.5, 0.6) is 0 Å². The molecule has 0 bridgehead atoms. The summed E-state index contributed by atoms with van der Waals surface area (Å²) in [5.41, 5.74) is 4.05. The molecule has 0 saturated heterocycles. The molecule has 1 aromatic carbocycles. The first-order chi connectivity index (χ1) is 9.81. The van der Waals surface area contributed by atoms with Crippen molar-refractivity contribution in [3.05, 3.63) is 39.9 Å². The zero-order valence-corrected chi connectivity index (χ0v) is 13.8. The third-order valence-corrected chi connectivity index (χ3v) is 4.52. The Labute approximate surface area is 129 Å². The molecule has 1 aromatic heterocycles. The van der Waals surface area contributed by atoms with Crippen LogP contribution in [-0.4, -0.2) is 23.1 Å². The lowest BCUT2D eigenvalue weighted by molar-refractivity contribution is 0.0700. The van der Waals surface area contributed by atoms with Crippen LogP contribution in [0.25, 0.3) is 0 Å². The first kappa shape index (κ1) is 15.5. The molecule has 0 aliphatic heterocycles. The lowest BCUT2D eigenvalue weighted by Crippen LogP contribution is -2.10. The fraction of sp³-hybridized carbons (Fsp3) is 0.375. The Hall–Kier alpha value is -1.88. The van der Waals surface area contributed by atoms with Gasteiger partial charge >= 0.3 is 5.97 Å². The molecule has 0 spiro atoms. The van der Waals surface area contributed by atoms with Crippen molar-refractivity contribution in [3.63, 3.8) is 0 Å². The Kier molecular flexibility index (Phi) is 4.32. The number of carbonyl (C=O) groups is 1. The lowest BCUT2D eigenvalue weighted by Gasteiger charge is -2.18. The number of aromatic nitrogens is 1. The molecular weight excluding hydrogens is 284 g/mol. The van der Waals surface area contributed by atoms with Crippen molar-refractivity contribution in [2.45, 2.75) is 33.6 Å². The van der Waals surface area contributed by atoms with Gasteiger partial charge in [-0.15, -0.1) is 0 Å². The number of nitrogens with zero attached hydrogens (tertiary/aromatic N) is 2. The number of hydrogen-bond donors (Lipinski definition) is 1. The monoisotopic (exact) mass is 304 g/mol. The molecule has 0 atom stereocenters. The van der Waals surface area contributed by atoms with E-state index in [4.69, 9.17) is 0 Å². The number of aryl methyl sites for hydroxylation is 2. The summed E-state index contributed by atoms with van der Waals surface area (Å²) >= 11 is 1.23. The minimum Gasteiger partial charge on any atom is -0.477 e. The summed E-state index contributed by atoms with van der Waals surface area (Å²) in [6.45, 7) is 8.03. The SMILES string of the molecule is Cc1ccc(N(C)c2nc(C(C)C)c(C(=O)O)s2)c(C)c1. The van der Waals surface area contributed by atoms with Crippen molar-refractivity contribution in [1.82, 2.24) is 4.98 Å². The number of aromatic carboxylic acids is 1. The number of carboxylic acid groups (broad SMARTS) is 1. The summed E-state index contributed by atoms with van der Waals surface area (Å²) in [7, 11) is 1.92. The summed E-state index contributed by atoms with van der Waals surface area (Å²) in [4.78, 5) is 18.2. The van der Waals surface area contributed by atoms with Crippen LogP contribution in [0.2, 0.25) is 0 Å². The fourth-order valence-corrected chi connectivity index (χ4v) is 3.33. The molecular formula is C16H20N2O2S. The van der Waals surface area contributed by atoms with Crippen LogP contribution >= 0.6 is 11.3 Å². The molecule has 0 saturated carbocycles. The number of anilines is 2. The van der Waals surface area contributed by atoms with E-state index in [9.17, 15) is 9.90 Å². The van der Waals surface area contributed by atoms with Crippen LogP contribution in [0.4, 0.5) is 10.8 Å². The highest BCUT2D eigenvalue weighted by atomic mass is 32.1. The number of rotatable bonds is 4. The Morgan fingerprint density at radius 1 is 1.33 bits per heavy atom. The summed E-state index contributed by atoms with van der Waals surface area (Å²) in [6, 6.07) is 6.20. The molecule has 4 nitrogen and oxygen atoms in total. The summed E-state index contributed by atoms with van der Waals surface area (Å²) < 4.78 is 0. The largest absolute Gasteiger partial charge is 0.477 e. The van der Waals surface area contributed by atoms with E-state index in [0.29, 0.717) is 15.7 Å². The molecule has 2 rings (SSSR count). The smallest absolute Gasteiger partial charge is 0.347 e. The van der Waals surface area contributed by atoms with Crippen LogP contribution < -0.4 is 4.90 Å². The summed E-state index contributed by atoms with van der Waals surface area (Å²) in [5, 5.41) is 10.0. The molecule has 112 valence electrons. The molecule has 0 fully saturated rings. The van der Waals surface area contributed by atoms with E-state index in [1.807, 2.05) is 44.9 Å². The van der Waals surface area contributed by atoms with Gasteiger partial charge in [0.25, 0.3) is 0 Å². The minimum atomic E-state index is -0.906. The fourth-order valence-electron chi connectivity index (χ4n) is 2.29. The predicted octanol–water partition coefficient (Wildman–Crippen LogP) is 4.35. The van der Waals surface area contributed by atoms with Crippen molar-refractivity contribution >= 4 is 28.1 Å². The standard InChI is InChI=1S/C16H20N2O2S/c1-9(2)13-14(15(19)20)21-16(17-13)18(5)12-7-6-10(3)8-11(12)4/h6-9H,1-5H3,(H,19,20). The maximum absolute atomic E-state index is 11.4. The Bertz CT molecular complexity index is 677. The third kappa shape index (κ3) is 3.08. The van der Waals surface area contributed by atoms with E-state index in [2.05, 4.69) is 18.0 Å². The Balaban J connectivity index is 2.46. The lowest BCUT2D eigenvalue weighted by atomic mass is 10.1. The molecule has 0 aliphatic carbocycles. The van der Waals surface area contributed by atoms with E-state index >= 15 is 0 Å². The van der Waals surface area contributed by atoms with Gasteiger partial charge in [-0.2, -0.15) is 0 Å². The van der Waals surface area contributed by atoms with Gasteiger partial charge in [-0.1, -0.05) is 42.9 Å². The molecule has 0 unspecified atom stereocenters. The molecule has 5 heteroatoms. The van der Waals surface area contributed by atoms with E-state index < -0.39 is 5.97 Å². The van der Waals surface area contributed by atoms with E-state index in [1.54, 1.807) is 0 Å². The second kappa shape index (κ2) is 5.85. The van der Waals surface area contributed by atoms with Crippen molar-refractivity contribution < 1.29 is 9.90 Å². The first-order valence-corrected chi connectivity index (χ1v) is 7.68. The van der Waals surface area contributed by atoms with E-state index in [-0.39, 0.29) is 5.92 Å². The van der Waals surface area contributed by atoms with Gasteiger partial charge in [0.15, 0.2) is 5.13 Å². The van der Waals surface area contributed by atoms with Gasteiger partial charge < -0.3 is 10.0 Å². The molecule has 1 heterocycles. The minimum absolute atomic E-state index is 0.0913. The topological polar surface area (TPSA) is 53.4 Å². The Morgan fingerprint density at radius 3 is 2.48 bits per heavy atom. The number of benzene rings is 1. The average Bonchev–Trinajstić information content (AvgIpc) is 2.83. The van der Waals surface area contributed by atoms with Gasteiger partial charge in [0.05, 0.1) is 5.69 Å². The average molecular weight is 304 g/mol. The van der Waals surface area contributed by atoms with Crippen LogP contribution in [0.1, 0.15) is 46.3 Å². The van der Waals surface area contributed by atoms with E-state index in [1.165, 1.54) is 16.9 Å². The highest BCUT2D eigenvalue weighted by Crippen LogP contribution is 2.34. The van der Waals surface area contributed by atoms with Gasteiger partial charge in [0.2, 0.25) is 0 Å². The van der Waals surface area contributed by atoms with Crippen molar-refractivity contribution in [3.8, 4) is 0 Å². The molecule has 0 radical (unpaired) electrons. The summed E-state index contributed by atoms with van der Waals surface area (Å²) in [5.74, 6) is -0.815. The highest BCUT2D eigenvalue weighted by Gasteiger charge is 2.22. The quantitative estimate of drug-likeness (QED) is 0.912. The van der Waals surface area contributed by atoms with E-state index in [0.717, 1.165) is 11.3 Å². The van der Waals surface area contributed by atoms with Gasteiger partial charge in [-0.05, 0) is 31.4 Å². The number of hydrogen-bond acceptors (Lipinski definition) is 4. The first-order valence-electron chi connectivity index (χ1n) is 6.86. The van der Waals surface area contributed by atoms with Crippen molar-refractivity contribution in [1.29, 1.82) is 0 Å². The van der Waals surface area contributed by atoms with Gasteiger partial charge in [-0.3, -0.25) is 0 Å². The van der Waals surface area contributed by atoms with Gasteiger partial charge in [-0.25, -0.2) is 9.78 Å². The Morgan fingerprint density at radius 2 is 2.00 bits per heavy atom. The maximum Gasteiger partial charge on any atom is 0.347 e. The second-order valence-corrected chi connectivity index (χ2v) is 6.50. The van der Waals surface area contributed by atoms with Crippen LogP contribution in [0.15, 0.2) is 18.2 Å². The molecule has 0 amide bonds. The zero-order chi connectivity index (χ0) is 15.7. The third-order valence-electron chi connectivity index (χ3n) is 3.38. The van der Waals surface area contributed by atoms with Crippen molar-refractivity contribution in [2.24, 2.45) is 0 Å². The second-order valence-electron chi connectivity index (χ2n) is 5.52. The highest BCUT2D eigenvalue weighted by molar-refractivity contribution is 7.17. The zero-order valence-electron chi connectivity index (χ0n) is 13.0. The molecule has 2 aromatic rings. The van der Waals surface area contributed by atoms with Crippen molar-refractivity contribution in [2.75, 3.05) is 11.9 Å². The van der Waals surface area contributed by atoms with Crippen LogP contribution in [0.3, 0.4) is 0 Å². The van der Waals surface area contributed by atoms with Crippen LogP contribution in [0, 0.1) is 13.8 Å². The number of carboxylic acids is 1. The molecule has 1 N–H and O–H groups in total.